The second kappa shape index (κ2) is 5.58. The Morgan fingerprint density at radius 2 is 2.11 bits per heavy atom. The molecule has 6 heteroatoms. The van der Waals surface area contributed by atoms with E-state index < -0.39 is 5.97 Å². The van der Waals surface area contributed by atoms with Crippen LogP contribution >= 0.6 is 11.6 Å². The zero-order valence-electron chi connectivity index (χ0n) is 9.85. The van der Waals surface area contributed by atoms with E-state index in [1.54, 1.807) is 18.3 Å². The molecule has 19 heavy (non-hydrogen) atoms. The van der Waals surface area contributed by atoms with Gasteiger partial charge in [0.2, 0.25) is 5.78 Å². The van der Waals surface area contributed by atoms with Crippen LogP contribution in [0.3, 0.4) is 0 Å². The standard InChI is InChI=1S/C13H11ClN2O3/c14-9-4-3-8(6-10(9)15)13(18)19-7-12(17)11-2-1-5-16-11/h1-6,16H,7,15H2. The molecule has 0 saturated carbocycles. The number of hydrogen-bond donors (Lipinski definition) is 2. The summed E-state index contributed by atoms with van der Waals surface area (Å²) in [5.41, 5.74) is 6.51. The summed E-state index contributed by atoms with van der Waals surface area (Å²) in [5.74, 6) is -0.927. The number of carbonyl (C=O) groups excluding carboxylic acids is 2. The number of nitrogen functional groups attached to an aromatic ring is 1. The highest BCUT2D eigenvalue weighted by Crippen LogP contribution is 2.19. The van der Waals surface area contributed by atoms with Crippen molar-refractivity contribution in [2.75, 3.05) is 12.3 Å². The minimum Gasteiger partial charge on any atom is -0.454 e. The lowest BCUT2D eigenvalue weighted by Gasteiger charge is -2.05. The summed E-state index contributed by atoms with van der Waals surface area (Å²) in [6.45, 7) is -0.331. The van der Waals surface area contributed by atoms with Crippen LogP contribution < -0.4 is 5.73 Å². The number of ether oxygens (including phenoxy) is 1. The molecule has 98 valence electrons. The van der Waals surface area contributed by atoms with E-state index in [0.717, 1.165) is 0 Å². The summed E-state index contributed by atoms with van der Waals surface area (Å²) in [6, 6.07) is 7.69. The molecule has 0 radical (unpaired) electrons. The van der Waals surface area contributed by atoms with Gasteiger partial charge in [-0.05, 0) is 30.3 Å². The number of carbonyl (C=O) groups is 2. The lowest BCUT2D eigenvalue weighted by atomic mass is 10.2. The number of hydrogen-bond acceptors (Lipinski definition) is 4. The number of aromatic nitrogens is 1. The molecule has 0 aliphatic rings. The Labute approximate surface area is 114 Å². The first-order chi connectivity index (χ1) is 9.08. The highest BCUT2D eigenvalue weighted by Gasteiger charge is 2.13. The van der Waals surface area contributed by atoms with Crippen molar-refractivity contribution >= 4 is 29.0 Å². The number of esters is 1. The zero-order valence-corrected chi connectivity index (χ0v) is 10.6. The van der Waals surface area contributed by atoms with Crippen LogP contribution in [0.5, 0.6) is 0 Å². The van der Waals surface area contributed by atoms with E-state index >= 15 is 0 Å². The summed E-state index contributed by atoms with van der Waals surface area (Å²) in [5, 5.41) is 0.360. The number of aromatic amines is 1. The molecule has 0 aliphatic carbocycles. The fourth-order valence-corrected chi connectivity index (χ4v) is 1.58. The average Bonchev–Trinajstić information content (AvgIpc) is 2.92. The first-order valence-electron chi connectivity index (χ1n) is 5.46. The van der Waals surface area contributed by atoms with Gasteiger partial charge in [0.15, 0.2) is 6.61 Å². The Balaban J connectivity index is 1.98. The van der Waals surface area contributed by atoms with Crippen molar-refractivity contribution < 1.29 is 14.3 Å². The molecule has 0 atom stereocenters. The number of benzene rings is 1. The number of anilines is 1. The van der Waals surface area contributed by atoms with Gasteiger partial charge >= 0.3 is 5.97 Å². The lowest BCUT2D eigenvalue weighted by Crippen LogP contribution is -2.14. The van der Waals surface area contributed by atoms with Gasteiger partial charge in [0.25, 0.3) is 0 Å². The van der Waals surface area contributed by atoms with E-state index in [2.05, 4.69) is 4.98 Å². The van der Waals surface area contributed by atoms with Crippen LogP contribution in [0.25, 0.3) is 0 Å². The van der Waals surface area contributed by atoms with E-state index in [1.165, 1.54) is 18.2 Å². The van der Waals surface area contributed by atoms with Crippen molar-refractivity contribution in [3.05, 3.63) is 52.8 Å². The second-order valence-electron chi connectivity index (χ2n) is 3.82. The van der Waals surface area contributed by atoms with Crippen molar-refractivity contribution in [2.24, 2.45) is 0 Å². The maximum absolute atomic E-state index is 11.7. The van der Waals surface area contributed by atoms with E-state index in [-0.39, 0.29) is 23.6 Å². The SMILES string of the molecule is Nc1cc(C(=O)OCC(=O)c2ccc[nH]2)ccc1Cl. The second-order valence-corrected chi connectivity index (χ2v) is 4.23. The molecule has 2 rings (SSSR count). The van der Waals surface area contributed by atoms with Crippen LogP contribution in [0.15, 0.2) is 36.5 Å². The van der Waals surface area contributed by atoms with Gasteiger partial charge in [0.1, 0.15) is 0 Å². The lowest BCUT2D eigenvalue weighted by molar-refractivity contribution is 0.0473. The molecular formula is C13H11ClN2O3. The Bertz CT molecular complexity index is 608. The summed E-state index contributed by atoms with van der Waals surface area (Å²) < 4.78 is 4.90. The van der Waals surface area contributed by atoms with E-state index in [4.69, 9.17) is 22.1 Å². The molecule has 1 aromatic heterocycles. The summed E-state index contributed by atoms with van der Waals surface area (Å²) in [7, 11) is 0. The van der Waals surface area contributed by atoms with Gasteiger partial charge in [0.05, 0.1) is 22.0 Å². The van der Waals surface area contributed by atoms with Gasteiger partial charge in [-0.25, -0.2) is 4.79 Å². The summed E-state index contributed by atoms with van der Waals surface area (Å²) in [6.07, 6.45) is 1.62. The van der Waals surface area contributed by atoms with Gasteiger partial charge in [0, 0.05) is 6.20 Å². The highest BCUT2D eigenvalue weighted by atomic mass is 35.5. The van der Waals surface area contributed by atoms with Crippen molar-refractivity contribution in [1.29, 1.82) is 0 Å². The molecule has 3 N–H and O–H groups in total. The van der Waals surface area contributed by atoms with Crippen LogP contribution in [0.2, 0.25) is 5.02 Å². The Kier molecular flexibility index (Phi) is 3.87. The normalized spacial score (nSPS) is 10.2. The molecule has 0 amide bonds. The largest absolute Gasteiger partial charge is 0.454 e. The van der Waals surface area contributed by atoms with Gasteiger partial charge in [-0.15, -0.1) is 0 Å². The predicted molar refractivity (Wildman–Crippen MR) is 71.3 cm³/mol. The van der Waals surface area contributed by atoms with E-state index in [9.17, 15) is 9.59 Å². The number of nitrogens with two attached hydrogens (primary N) is 1. The number of ketones is 1. The van der Waals surface area contributed by atoms with Crippen LogP contribution in [0, 0.1) is 0 Å². The fraction of sp³-hybridized carbons (Fsp3) is 0.0769. The van der Waals surface area contributed by atoms with Crippen LogP contribution in [-0.2, 0) is 4.74 Å². The quantitative estimate of drug-likeness (QED) is 0.510. The Morgan fingerprint density at radius 1 is 1.32 bits per heavy atom. The molecule has 0 bridgehead atoms. The van der Waals surface area contributed by atoms with Crippen LogP contribution in [0.4, 0.5) is 5.69 Å². The predicted octanol–water partition coefficient (Wildman–Crippen LogP) is 2.29. The van der Waals surface area contributed by atoms with Crippen molar-refractivity contribution in [3.63, 3.8) is 0 Å². The van der Waals surface area contributed by atoms with Crippen molar-refractivity contribution in [1.82, 2.24) is 4.98 Å². The molecule has 1 heterocycles. The topological polar surface area (TPSA) is 85.2 Å². The molecule has 1 aromatic carbocycles. The number of H-pyrrole nitrogens is 1. The molecule has 0 unspecified atom stereocenters. The van der Waals surface area contributed by atoms with Gasteiger partial charge in [-0.3, -0.25) is 4.79 Å². The molecule has 0 spiro atoms. The van der Waals surface area contributed by atoms with Gasteiger partial charge in [-0.1, -0.05) is 11.6 Å². The molecular weight excluding hydrogens is 268 g/mol. The smallest absolute Gasteiger partial charge is 0.338 e. The molecule has 2 aromatic rings. The van der Waals surface area contributed by atoms with E-state index in [0.29, 0.717) is 10.7 Å². The Morgan fingerprint density at radius 3 is 2.74 bits per heavy atom. The first kappa shape index (κ1) is 13.2. The van der Waals surface area contributed by atoms with Crippen molar-refractivity contribution in [3.8, 4) is 0 Å². The van der Waals surface area contributed by atoms with Crippen molar-refractivity contribution in [2.45, 2.75) is 0 Å². The Hall–Kier alpha value is -2.27. The minimum absolute atomic E-state index is 0.251. The zero-order chi connectivity index (χ0) is 13.8. The van der Waals surface area contributed by atoms with E-state index in [1.807, 2.05) is 0 Å². The third kappa shape index (κ3) is 3.14. The fourth-order valence-electron chi connectivity index (χ4n) is 1.47. The third-order valence-corrected chi connectivity index (χ3v) is 2.81. The molecule has 0 fully saturated rings. The van der Waals surface area contributed by atoms with Gasteiger partial charge < -0.3 is 15.5 Å². The van der Waals surface area contributed by atoms with Gasteiger partial charge in [-0.2, -0.15) is 0 Å². The molecule has 0 aliphatic heterocycles. The monoisotopic (exact) mass is 278 g/mol. The summed E-state index contributed by atoms with van der Waals surface area (Å²) in [4.78, 5) is 26.0. The number of rotatable bonds is 4. The maximum Gasteiger partial charge on any atom is 0.338 e. The number of Topliss-reactive ketones (excluding diaryl/α,β-unsaturated/α-hetero) is 1. The van der Waals surface area contributed by atoms with Crippen LogP contribution in [-0.4, -0.2) is 23.3 Å². The summed E-state index contributed by atoms with van der Waals surface area (Å²) >= 11 is 5.75. The number of nitrogens with one attached hydrogen (secondary N) is 1. The average molecular weight is 279 g/mol. The first-order valence-corrected chi connectivity index (χ1v) is 5.84. The molecule has 5 nitrogen and oxygen atoms in total. The highest BCUT2D eigenvalue weighted by molar-refractivity contribution is 6.33. The maximum atomic E-state index is 11.7. The minimum atomic E-state index is -0.622. The number of halogens is 1. The third-order valence-electron chi connectivity index (χ3n) is 2.46. The molecule has 0 saturated heterocycles. The van der Waals surface area contributed by atoms with Crippen LogP contribution in [0.1, 0.15) is 20.8 Å².